The van der Waals surface area contributed by atoms with E-state index in [9.17, 15) is 9.36 Å². The van der Waals surface area contributed by atoms with Crippen LogP contribution in [0.1, 0.15) is 269 Å². The quantitative estimate of drug-likeness (QED) is 0.0499. The lowest BCUT2D eigenvalue weighted by Gasteiger charge is -2.03. The fraction of sp³-hybridized carbons (Fsp3) is 0.506. The number of furan rings is 1. The summed E-state index contributed by atoms with van der Waals surface area (Å²) in [4.78, 5) is 33.1. The third-order valence-corrected chi connectivity index (χ3v) is 19.3. The number of phenolic OH excluding ortho intramolecular Hbond substituents is 1. The molecule has 582 valence electrons. The second-order valence-corrected chi connectivity index (χ2v) is 37.7. The predicted octanol–water partition coefficient (Wildman–Crippen LogP) is 23.1. The molecule has 10 rings (SSSR count). The molecule has 9 N–H and O–H groups in total. The van der Waals surface area contributed by atoms with Crippen LogP contribution in [0.25, 0.3) is 0 Å². The lowest BCUT2D eigenvalue weighted by Crippen LogP contribution is -2.17. The van der Waals surface area contributed by atoms with E-state index in [-0.39, 0.29) is 17.7 Å². The van der Waals surface area contributed by atoms with E-state index in [0.717, 1.165) is 33.8 Å². The number of thiazole rings is 2. The van der Waals surface area contributed by atoms with Gasteiger partial charge >= 0.3 is 0 Å². The minimum atomic E-state index is -2.00. The number of carbonyl (C=O) groups excluding carboxylic acids is 1. The van der Waals surface area contributed by atoms with Gasteiger partial charge < -0.3 is 37.0 Å². The van der Waals surface area contributed by atoms with Crippen molar-refractivity contribution in [2.45, 2.75) is 236 Å². The molecule has 0 atom stereocenters. The van der Waals surface area contributed by atoms with E-state index < -0.39 is 7.14 Å². The number of phenols is 1. The van der Waals surface area contributed by atoms with E-state index >= 15 is 0 Å². The molecule has 0 saturated carbocycles. The molecular weight excluding hydrogens is 1470 g/mol. The summed E-state index contributed by atoms with van der Waals surface area (Å²) in [5.74, 6) is 7.08. The van der Waals surface area contributed by atoms with Crippen LogP contribution in [0.3, 0.4) is 0 Å². The van der Waals surface area contributed by atoms with Crippen LogP contribution in [0.15, 0.2) is 136 Å². The van der Waals surface area contributed by atoms with Crippen LogP contribution >= 0.6 is 87.6 Å². The Hall–Kier alpha value is -6.95. The average Bonchev–Trinajstić information content (AvgIpc) is 1.79. The van der Waals surface area contributed by atoms with Gasteiger partial charge in [0.15, 0.2) is 15.4 Å². The fourth-order valence-electron chi connectivity index (χ4n) is 6.66. The van der Waals surface area contributed by atoms with Gasteiger partial charge in [-0.2, -0.15) is 14.0 Å². The maximum absolute atomic E-state index is 11.5. The van der Waals surface area contributed by atoms with Gasteiger partial charge in [0.2, 0.25) is 5.91 Å². The number of halogens is 1. The van der Waals surface area contributed by atoms with Crippen molar-refractivity contribution >= 4 is 109 Å². The Labute approximate surface area is 658 Å². The summed E-state index contributed by atoms with van der Waals surface area (Å²) >= 11 is 15.0. The number of anilines is 3. The molecule has 20 nitrogen and oxygen atoms in total. The van der Waals surface area contributed by atoms with E-state index in [1.165, 1.54) is 66.6 Å². The van der Waals surface area contributed by atoms with Crippen molar-refractivity contribution in [1.82, 2.24) is 53.9 Å². The molecule has 8 aromatic heterocycles. The number of hydrogen-bond acceptors (Lipinski definition) is 24. The summed E-state index contributed by atoms with van der Waals surface area (Å²) in [6.45, 7) is 53.1. The van der Waals surface area contributed by atoms with Crippen LogP contribution in [-0.4, -0.2) is 83.5 Å². The number of nitrogen functional groups attached to an aromatic ring is 3. The number of benzene rings is 2. The van der Waals surface area contributed by atoms with Crippen molar-refractivity contribution in [2.75, 3.05) is 30.5 Å². The van der Waals surface area contributed by atoms with Crippen molar-refractivity contribution in [1.29, 1.82) is 5.26 Å². The smallest absolute Gasteiger partial charge is 0.219 e. The highest BCUT2D eigenvalue weighted by Gasteiger charge is 2.15. The number of aromatic hydroxyl groups is 1. The molecule has 0 aliphatic carbocycles. The van der Waals surface area contributed by atoms with E-state index in [0.29, 0.717) is 90.3 Å². The number of pyridine rings is 1. The van der Waals surface area contributed by atoms with Gasteiger partial charge in [-0.25, -0.2) is 24.6 Å². The summed E-state index contributed by atoms with van der Waals surface area (Å²) < 4.78 is 27.2. The standard InChI is InChI=1S/C9H12O.C9H12.C8H15N2OPS.C8H11NS.C7H10O.C7H10S.C6H9ClN2S.C6H10N2S.C5H9N3S.C4H8N4.C4H9NO.C4H7N/c1-7(2)8-3-5-9(10)6-4-8;1-8(2)9-6-4-3-5-7-9;1-6(2)8-9-7(13-10-8)5-12(3,4)11;1-7(2)10-8-3-5-9-6-4-8;2*1-6(2)7-4-3-5-8-7;1-3(2)4-5(7)10-6(8)9-4;1-4(2)5-3-9-6(7)8-5;1-3(2)4-7-5(6)9-8-4;1-4(2)8-3-5-6-7-8;1-3(2)4(5)6;1-4(2)3-5/h3-7,10H,1-2H3;3-8H,1-2H3;6H,5H2,1-4H3;3-7H,1-2H3;2*3-6H,1-2H3;3H,1-2H3,(H2,8,9);3-4H,1-2H3,(H2,7,8);3H,1-2H3,(H2,6,7,8);3-4H,1-2H3;3H,1-2H3,(H2,5,6);4H,1-2H3. The van der Waals surface area contributed by atoms with Gasteiger partial charge in [0.25, 0.3) is 0 Å². The second kappa shape index (κ2) is 56.4. The number of nitriles is 1. The molecule has 0 unspecified atom stereocenters. The average molecular weight is 1590 g/mol. The van der Waals surface area contributed by atoms with Crippen LogP contribution in [0, 0.1) is 23.2 Å². The Morgan fingerprint density at radius 3 is 1.45 bits per heavy atom. The fourth-order valence-corrected chi connectivity index (χ4v) is 13.2. The topological polar surface area (TPSA) is 329 Å². The van der Waals surface area contributed by atoms with E-state index in [1.807, 2.05) is 145 Å². The lowest BCUT2D eigenvalue weighted by atomic mass is 10.0. The van der Waals surface area contributed by atoms with Gasteiger partial charge in [-0.1, -0.05) is 210 Å². The maximum atomic E-state index is 11.5. The highest BCUT2D eigenvalue weighted by molar-refractivity contribution is 7.99. The zero-order valence-corrected chi connectivity index (χ0v) is 73.4. The third kappa shape index (κ3) is 51.8. The van der Waals surface area contributed by atoms with Gasteiger partial charge in [0.05, 0.1) is 37.0 Å². The number of rotatable bonds is 14. The van der Waals surface area contributed by atoms with Crippen LogP contribution in [0.4, 0.5) is 15.4 Å². The van der Waals surface area contributed by atoms with Crippen molar-refractivity contribution in [3.8, 4) is 11.8 Å². The van der Waals surface area contributed by atoms with Crippen LogP contribution in [-0.2, 0) is 15.5 Å². The Bertz CT molecular complexity index is 3650. The Morgan fingerprint density at radius 2 is 1.17 bits per heavy atom. The predicted molar refractivity (Wildman–Crippen MR) is 454 cm³/mol. The van der Waals surface area contributed by atoms with Crippen molar-refractivity contribution in [2.24, 2.45) is 17.6 Å². The number of thioether (sulfide) groups is 1. The molecule has 0 aliphatic rings. The van der Waals surface area contributed by atoms with Crippen molar-refractivity contribution in [3.63, 3.8) is 0 Å². The first-order chi connectivity index (χ1) is 49.0. The number of carbonyl (C=O) groups is 1. The first kappa shape index (κ1) is 100. The first-order valence-corrected chi connectivity index (χ1v) is 43.1. The van der Waals surface area contributed by atoms with Crippen molar-refractivity contribution in [3.05, 3.63) is 181 Å². The number of aromatic nitrogens is 11. The Morgan fingerprint density at radius 1 is 0.629 bits per heavy atom. The number of nitrogens with two attached hydrogens (primary N) is 4. The lowest BCUT2D eigenvalue weighted by molar-refractivity contribution is -0.120. The molecule has 0 fully saturated rings. The molecule has 1 amide bonds. The normalized spacial score (nSPS) is 10.5. The monoisotopic (exact) mass is 1590 g/mol. The molecule has 0 bridgehead atoms. The molecule has 0 saturated heterocycles. The van der Waals surface area contributed by atoms with Gasteiger partial charge in [0.1, 0.15) is 38.8 Å². The molecule has 0 spiro atoms. The summed E-state index contributed by atoms with van der Waals surface area (Å²) in [5.41, 5.74) is 25.7. The highest BCUT2D eigenvalue weighted by Crippen LogP contribution is 2.41. The first-order valence-electron chi connectivity index (χ1n) is 35.0. The number of tetrazole rings is 1. The van der Waals surface area contributed by atoms with Gasteiger partial charge in [-0.3, -0.25) is 9.78 Å². The number of amides is 1. The number of nitrogens with zero attached hydrogens (tertiary/aromatic N) is 12. The van der Waals surface area contributed by atoms with Crippen LogP contribution in [0.5, 0.6) is 5.75 Å². The molecular formula is C77H122ClN16O4PS6. The Kier molecular flexibility index (Phi) is 53.7. The minimum absolute atomic E-state index is 0.00926. The Balaban J connectivity index is 0. The van der Waals surface area contributed by atoms with Gasteiger partial charge in [0, 0.05) is 80.0 Å². The molecule has 10 aromatic rings. The largest absolute Gasteiger partial charge is 0.508 e. The summed E-state index contributed by atoms with van der Waals surface area (Å²) in [7, 11) is -2.00. The molecule has 28 heteroatoms. The van der Waals surface area contributed by atoms with E-state index in [1.54, 1.807) is 56.6 Å². The maximum Gasteiger partial charge on any atom is 0.219 e. The van der Waals surface area contributed by atoms with Crippen LogP contribution < -0.4 is 22.9 Å². The SMILES string of the molecule is CC(C)C#N.CC(C)C(N)=O.CC(C)Sc1ccncc1.CC(C)c1ccc(O)cc1.CC(C)c1ccccc1.CC(C)c1ccco1.CC(C)c1cccs1.CC(C)c1csc(N)n1.CC(C)c1nc(N)sc1Cl.CC(C)c1nsc(CP(C)(C)=O)n1.CC(C)c1nsc(N)n1.CC(C)n1cnnn1. The third-order valence-electron chi connectivity index (χ3n) is 12.8. The highest BCUT2D eigenvalue weighted by atomic mass is 35.5. The van der Waals surface area contributed by atoms with Crippen molar-refractivity contribution < 1.29 is 18.9 Å². The second-order valence-electron chi connectivity index (χ2n) is 27.4. The van der Waals surface area contributed by atoms with Gasteiger partial charge in [-0.15, -0.1) is 39.5 Å². The molecule has 0 aliphatic heterocycles. The number of thiophene rings is 1. The van der Waals surface area contributed by atoms with E-state index in [2.05, 4.69) is 188 Å². The van der Waals surface area contributed by atoms with E-state index in [4.69, 9.17) is 49.3 Å². The number of hydrogen-bond donors (Lipinski definition) is 5. The van der Waals surface area contributed by atoms with Crippen LogP contribution in [0.2, 0.25) is 4.34 Å². The summed E-state index contributed by atoms with van der Waals surface area (Å²) in [6, 6.07) is 32.5. The number of primary amides is 1. The zero-order valence-electron chi connectivity index (χ0n) is 66.9. The minimum Gasteiger partial charge on any atom is -0.508 e. The molecule has 8 heterocycles. The molecule has 2 aromatic carbocycles. The molecule has 0 radical (unpaired) electrons. The summed E-state index contributed by atoms with van der Waals surface area (Å²) in [6.07, 6.45) is 7.53. The zero-order chi connectivity index (χ0) is 80.5. The van der Waals surface area contributed by atoms with Gasteiger partial charge in [-0.05, 0) is 152 Å². The summed E-state index contributed by atoms with van der Waals surface area (Å²) in [5, 5.41) is 34.9. The molecule has 105 heavy (non-hydrogen) atoms.